The molecule has 0 spiro atoms. The number of hydrogen-bond donors (Lipinski definition) is 0. The fourth-order valence-corrected chi connectivity index (χ4v) is 6.12. The average Bonchev–Trinajstić information content (AvgIpc) is 2.89. The van der Waals surface area contributed by atoms with Gasteiger partial charge in [-0.2, -0.15) is 0 Å². The number of hydrogen-bond acceptors (Lipinski definition) is 8. The Balaban J connectivity index is 1.75. The first-order chi connectivity index (χ1) is 18.1. The molecule has 1 aromatic carbocycles. The van der Waals surface area contributed by atoms with E-state index in [1.54, 1.807) is 20.8 Å². The van der Waals surface area contributed by atoms with Gasteiger partial charge in [-0.3, -0.25) is 4.21 Å². The second-order valence-electron chi connectivity index (χ2n) is 10.9. The Kier molecular flexibility index (Phi) is 10.8. The fraction of sp³-hybridized carbons (Fsp3) is 0.643. The van der Waals surface area contributed by atoms with Crippen LogP contribution in [0.4, 0.5) is 4.79 Å². The molecular formula is C28H40NO8S-. The molecule has 3 atom stereocenters. The minimum atomic E-state index is -2.61. The molecule has 1 aliphatic heterocycles. The zero-order chi connectivity index (χ0) is 27.8. The number of nitrogens with zero attached hydrogens (tertiary/aromatic N) is 1. The lowest BCUT2D eigenvalue weighted by atomic mass is 9.82. The highest BCUT2D eigenvalue weighted by Gasteiger charge is 2.49. The smallest absolute Gasteiger partial charge is 0.410 e. The number of carbonyl (C=O) groups excluding carboxylic acids is 2. The Labute approximate surface area is 228 Å². The summed E-state index contributed by atoms with van der Waals surface area (Å²) in [6.07, 6.45) is 5.98. The third kappa shape index (κ3) is 8.04. The number of rotatable bonds is 9. The average molecular weight is 551 g/mol. The Morgan fingerprint density at radius 1 is 1.16 bits per heavy atom. The first-order valence-corrected chi connectivity index (χ1v) is 14.2. The van der Waals surface area contributed by atoms with E-state index in [-0.39, 0.29) is 25.7 Å². The van der Waals surface area contributed by atoms with Crippen LogP contribution in [0.25, 0.3) is 0 Å². The van der Waals surface area contributed by atoms with E-state index in [4.69, 9.17) is 14.2 Å². The lowest BCUT2D eigenvalue weighted by molar-refractivity contribution is -0.135. The number of benzene rings is 1. The van der Waals surface area contributed by atoms with Crippen molar-refractivity contribution in [3.8, 4) is 0 Å². The van der Waals surface area contributed by atoms with E-state index in [9.17, 15) is 18.4 Å². The SMILES string of the molecule is COC(=O)/C=C\OCC1(S(=O)[O-])CCCN(C(=O)OC(C)(C)C)C1COC1CCC(c2ccccc2)CC1. The van der Waals surface area contributed by atoms with Crippen LogP contribution in [0.3, 0.4) is 0 Å². The molecule has 1 aromatic rings. The number of ether oxygens (including phenoxy) is 4. The Bertz CT molecular complexity index is 971. The maximum atomic E-state index is 13.2. The van der Waals surface area contributed by atoms with Crippen molar-refractivity contribution in [3.63, 3.8) is 0 Å². The largest absolute Gasteiger partial charge is 0.772 e. The lowest BCUT2D eigenvalue weighted by Crippen LogP contribution is -2.64. The summed E-state index contributed by atoms with van der Waals surface area (Å²) in [6, 6.07) is 9.61. The normalized spacial score (nSPS) is 27.1. The second-order valence-corrected chi connectivity index (χ2v) is 12.2. The van der Waals surface area contributed by atoms with Gasteiger partial charge in [-0.25, -0.2) is 9.59 Å². The summed E-state index contributed by atoms with van der Waals surface area (Å²) in [5.74, 6) is -0.139. The van der Waals surface area contributed by atoms with Gasteiger partial charge in [0.25, 0.3) is 0 Å². The fourth-order valence-electron chi connectivity index (χ4n) is 5.22. The number of piperidine rings is 1. The van der Waals surface area contributed by atoms with Crippen molar-refractivity contribution in [3.05, 3.63) is 48.2 Å². The maximum Gasteiger partial charge on any atom is 0.410 e. The van der Waals surface area contributed by atoms with E-state index in [0.717, 1.165) is 38.0 Å². The summed E-state index contributed by atoms with van der Waals surface area (Å²) in [5, 5.41) is 0. The van der Waals surface area contributed by atoms with E-state index < -0.39 is 39.5 Å². The number of carbonyl (C=O) groups is 2. The molecule has 1 saturated carbocycles. The van der Waals surface area contributed by atoms with Crippen molar-refractivity contribution in [2.45, 2.75) is 87.7 Å². The van der Waals surface area contributed by atoms with Gasteiger partial charge in [0.15, 0.2) is 0 Å². The number of methoxy groups -OCH3 is 1. The molecule has 0 radical (unpaired) electrons. The predicted octanol–water partition coefficient (Wildman–Crippen LogP) is 4.45. The van der Waals surface area contributed by atoms with Crippen molar-refractivity contribution in [2.24, 2.45) is 0 Å². The standard InChI is InChI=1S/C28H41NO8S/c1-27(2,3)37-26(31)29-17-8-16-28(38(32)33,20-35-18-15-25(30)34-4)24(29)19-36-23-13-11-22(12-14-23)21-9-6-5-7-10-21/h5-7,9-10,15,18,22-24H,8,11-14,16-17,19-20H2,1-4H3,(H,32,33)/p-1/b18-15-. The molecule has 3 rings (SSSR count). The van der Waals surface area contributed by atoms with E-state index in [0.29, 0.717) is 18.9 Å². The predicted molar refractivity (Wildman–Crippen MR) is 142 cm³/mol. The summed E-state index contributed by atoms with van der Waals surface area (Å²) in [4.78, 5) is 26.0. The molecule has 38 heavy (non-hydrogen) atoms. The maximum absolute atomic E-state index is 13.2. The minimum Gasteiger partial charge on any atom is -0.772 e. The molecule has 1 heterocycles. The zero-order valence-electron chi connectivity index (χ0n) is 22.8. The van der Waals surface area contributed by atoms with Gasteiger partial charge >= 0.3 is 12.1 Å². The number of amides is 1. The molecule has 2 fully saturated rings. The van der Waals surface area contributed by atoms with Crippen LogP contribution < -0.4 is 0 Å². The summed E-state index contributed by atoms with van der Waals surface area (Å²) in [7, 11) is 1.24. The monoisotopic (exact) mass is 550 g/mol. The third-order valence-corrected chi connectivity index (χ3v) is 8.46. The first-order valence-electron chi connectivity index (χ1n) is 13.2. The van der Waals surface area contributed by atoms with E-state index in [2.05, 4.69) is 29.0 Å². The van der Waals surface area contributed by atoms with Crippen LogP contribution in [0.5, 0.6) is 0 Å². The van der Waals surface area contributed by atoms with Gasteiger partial charge in [-0.1, -0.05) is 30.3 Å². The topological polar surface area (TPSA) is 114 Å². The van der Waals surface area contributed by atoms with Gasteiger partial charge in [-0.15, -0.1) is 0 Å². The van der Waals surface area contributed by atoms with Crippen molar-refractivity contribution in [2.75, 3.05) is 26.9 Å². The van der Waals surface area contributed by atoms with E-state index in [1.807, 2.05) is 6.07 Å². The van der Waals surface area contributed by atoms with Gasteiger partial charge in [0.2, 0.25) is 0 Å². The highest BCUT2D eigenvalue weighted by molar-refractivity contribution is 7.80. The molecule has 2 aliphatic rings. The van der Waals surface area contributed by atoms with Crippen molar-refractivity contribution >= 4 is 23.1 Å². The van der Waals surface area contributed by atoms with Crippen LogP contribution in [0.15, 0.2) is 42.7 Å². The second kappa shape index (κ2) is 13.6. The van der Waals surface area contributed by atoms with E-state index >= 15 is 0 Å². The molecule has 1 amide bonds. The highest BCUT2D eigenvalue weighted by atomic mass is 32.2. The van der Waals surface area contributed by atoms with Crippen LogP contribution >= 0.6 is 0 Å². The Morgan fingerprint density at radius 3 is 2.45 bits per heavy atom. The molecule has 1 aliphatic carbocycles. The van der Waals surface area contributed by atoms with Crippen LogP contribution in [0.1, 0.15) is 70.8 Å². The van der Waals surface area contributed by atoms with Gasteiger partial charge in [0.1, 0.15) is 12.2 Å². The van der Waals surface area contributed by atoms with Crippen LogP contribution in [0.2, 0.25) is 0 Å². The first kappa shape index (κ1) is 30.1. The molecule has 0 bridgehead atoms. The minimum absolute atomic E-state index is 0.0321. The summed E-state index contributed by atoms with van der Waals surface area (Å²) < 4.78 is 46.1. The highest BCUT2D eigenvalue weighted by Crippen LogP contribution is 2.37. The lowest BCUT2D eigenvalue weighted by Gasteiger charge is -2.50. The molecule has 10 heteroatoms. The van der Waals surface area contributed by atoms with Crippen LogP contribution in [-0.4, -0.2) is 75.1 Å². The Morgan fingerprint density at radius 2 is 1.84 bits per heavy atom. The summed E-state index contributed by atoms with van der Waals surface area (Å²) >= 11 is -2.61. The van der Waals surface area contributed by atoms with Gasteiger partial charge in [0, 0.05) is 6.54 Å². The summed E-state index contributed by atoms with van der Waals surface area (Å²) in [5.41, 5.74) is 0.585. The molecule has 212 valence electrons. The molecule has 1 saturated heterocycles. The number of likely N-dealkylation sites (tertiary alicyclic amines) is 1. The van der Waals surface area contributed by atoms with Crippen LogP contribution in [0, 0.1) is 0 Å². The summed E-state index contributed by atoms with van der Waals surface area (Å²) in [6.45, 7) is 5.45. The number of esters is 1. The van der Waals surface area contributed by atoms with Crippen molar-refractivity contribution in [1.29, 1.82) is 0 Å². The molecule has 0 aromatic heterocycles. The van der Waals surface area contributed by atoms with Gasteiger partial charge in [-0.05, 0) is 81.9 Å². The quantitative estimate of drug-likeness (QED) is 0.192. The zero-order valence-corrected chi connectivity index (χ0v) is 23.6. The molecular weight excluding hydrogens is 510 g/mol. The van der Waals surface area contributed by atoms with Crippen LogP contribution in [-0.2, 0) is 34.8 Å². The Hall–Kier alpha value is -2.43. The van der Waals surface area contributed by atoms with Gasteiger partial charge in [0.05, 0.1) is 42.9 Å². The molecule has 9 nitrogen and oxygen atoms in total. The van der Waals surface area contributed by atoms with E-state index in [1.165, 1.54) is 17.6 Å². The molecule has 3 unspecified atom stereocenters. The third-order valence-electron chi connectivity index (χ3n) is 7.21. The van der Waals surface area contributed by atoms with Crippen molar-refractivity contribution < 1.29 is 37.3 Å². The molecule has 0 N–H and O–H groups in total. The van der Waals surface area contributed by atoms with Gasteiger partial charge < -0.3 is 28.4 Å². The van der Waals surface area contributed by atoms with Crippen molar-refractivity contribution in [1.82, 2.24) is 4.90 Å².